The van der Waals surface area contributed by atoms with E-state index in [9.17, 15) is 19.5 Å². The number of carboxylic acids is 1. The van der Waals surface area contributed by atoms with Gasteiger partial charge in [-0.3, -0.25) is 4.79 Å². The summed E-state index contributed by atoms with van der Waals surface area (Å²) in [5.74, 6) is -3.77. The molecule has 0 fully saturated rings. The van der Waals surface area contributed by atoms with E-state index in [-0.39, 0.29) is 13.0 Å². The molecule has 23 heavy (non-hydrogen) atoms. The summed E-state index contributed by atoms with van der Waals surface area (Å²) < 4.78 is 5.01. The van der Waals surface area contributed by atoms with Crippen LogP contribution < -0.4 is 5.32 Å². The quantitative estimate of drug-likeness (QED) is 0.622. The molecule has 0 bridgehead atoms. The summed E-state index contributed by atoms with van der Waals surface area (Å²) in [5, 5.41) is 21.2. The van der Waals surface area contributed by atoms with Crippen molar-refractivity contribution in [3.8, 4) is 0 Å². The van der Waals surface area contributed by atoms with E-state index >= 15 is 0 Å². The van der Waals surface area contributed by atoms with E-state index in [4.69, 9.17) is 9.84 Å². The largest absolute Gasteiger partial charge is 0.475 e. The van der Waals surface area contributed by atoms with E-state index in [0.717, 1.165) is 5.56 Å². The van der Waals surface area contributed by atoms with E-state index in [2.05, 4.69) is 5.32 Å². The fourth-order valence-electron chi connectivity index (χ4n) is 2.13. The minimum Gasteiger partial charge on any atom is -0.475 e. The Hall–Kier alpha value is -2.41. The van der Waals surface area contributed by atoms with Crippen molar-refractivity contribution in [2.45, 2.75) is 39.0 Å². The maximum Gasteiger partial charge on any atom is 0.407 e. The third-order valence-corrected chi connectivity index (χ3v) is 3.47. The van der Waals surface area contributed by atoms with Crippen molar-refractivity contribution >= 4 is 17.8 Å². The number of carbonyl (C=O) groups excluding carboxylic acids is 2. The standard InChI is InChI=1S/C16H21NO6/c1-3-12(14(19)15(20)21)13(18)10(2)17-16(22)23-9-11-7-5-4-6-8-11/h4-8,10,12-13,18H,3,9H2,1-2H3,(H,17,22)(H,20,21)/t10-,12?,13?/m1/s1. The molecule has 7 nitrogen and oxygen atoms in total. The Labute approximate surface area is 134 Å². The maximum atomic E-state index is 11.7. The van der Waals surface area contributed by atoms with E-state index < -0.39 is 35.9 Å². The molecule has 0 saturated heterocycles. The number of aliphatic hydroxyl groups is 1. The second-order valence-corrected chi connectivity index (χ2v) is 5.17. The number of alkyl carbamates (subject to hydrolysis) is 1. The van der Waals surface area contributed by atoms with E-state index in [1.165, 1.54) is 6.92 Å². The first kappa shape index (κ1) is 18.6. The van der Waals surface area contributed by atoms with E-state index in [1.807, 2.05) is 18.2 Å². The molecule has 3 N–H and O–H groups in total. The van der Waals surface area contributed by atoms with Gasteiger partial charge in [0.15, 0.2) is 0 Å². The Morgan fingerprint density at radius 3 is 2.35 bits per heavy atom. The van der Waals surface area contributed by atoms with Crippen LogP contribution in [0.2, 0.25) is 0 Å². The predicted octanol–water partition coefficient (Wildman–Crippen LogP) is 1.34. The maximum absolute atomic E-state index is 11.7. The Kier molecular flexibility index (Phi) is 7.21. The van der Waals surface area contributed by atoms with Crippen LogP contribution in [-0.4, -0.2) is 40.2 Å². The van der Waals surface area contributed by atoms with Crippen LogP contribution in [0.15, 0.2) is 30.3 Å². The molecule has 1 amide bonds. The van der Waals surface area contributed by atoms with Gasteiger partial charge in [-0.25, -0.2) is 9.59 Å². The summed E-state index contributed by atoms with van der Waals surface area (Å²) in [6, 6.07) is 8.23. The molecule has 1 aromatic carbocycles. The topological polar surface area (TPSA) is 113 Å². The fourth-order valence-corrected chi connectivity index (χ4v) is 2.13. The molecule has 0 aliphatic heterocycles. The van der Waals surface area contributed by atoms with Gasteiger partial charge in [-0.1, -0.05) is 37.3 Å². The summed E-state index contributed by atoms with van der Waals surface area (Å²) in [4.78, 5) is 33.9. The number of Topliss-reactive ketones (excluding diaryl/α,β-unsaturated/α-hetero) is 1. The van der Waals surface area contributed by atoms with Crippen LogP contribution in [-0.2, 0) is 20.9 Å². The number of hydrogen-bond donors (Lipinski definition) is 3. The minimum atomic E-state index is -1.60. The number of benzene rings is 1. The second kappa shape index (κ2) is 8.89. The average molecular weight is 323 g/mol. The number of ketones is 1. The highest BCUT2D eigenvalue weighted by Crippen LogP contribution is 2.14. The summed E-state index contributed by atoms with van der Waals surface area (Å²) in [7, 11) is 0. The van der Waals surface area contributed by atoms with Crippen LogP contribution in [0.1, 0.15) is 25.8 Å². The number of ether oxygens (including phenoxy) is 1. The van der Waals surface area contributed by atoms with Crippen LogP contribution in [0.3, 0.4) is 0 Å². The van der Waals surface area contributed by atoms with Gasteiger partial charge in [0.25, 0.3) is 0 Å². The summed E-state index contributed by atoms with van der Waals surface area (Å²) in [5.41, 5.74) is 0.809. The summed E-state index contributed by atoms with van der Waals surface area (Å²) in [6.07, 6.45) is -1.91. The monoisotopic (exact) mass is 323 g/mol. The van der Waals surface area contributed by atoms with Crippen molar-refractivity contribution in [1.29, 1.82) is 0 Å². The Morgan fingerprint density at radius 2 is 1.83 bits per heavy atom. The lowest BCUT2D eigenvalue weighted by Crippen LogP contribution is -2.47. The third kappa shape index (κ3) is 5.71. The van der Waals surface area contributed by atoms with E-state index in [0.29, 0.717) is 0 Å². The third-order valence-electron chi connectivity index (χ3n) is 3.47. The smallest absolute Gasteiger partial charge is 0.407 e. The number of amides is 1. The molecule has 1 rings (SSSR count). The fraction of sp³-hybridized carbons (Fsp3) is 0.438. The molecule has 3 atom stereocenters. The Morgan fingerprint density at radius 1 is 1.22 bits per heavy atom. The van der Waals surface area contributed by atoms with Crippen LogP contribution in [0, 0.1) is 5.92 Å². The molecular weight excluding hydrogens is 302 g/mol. The van der Waals surface area contributed by atoms with Crippen LogP contribution in [0.25, 0.3) is 0 Å². The summed E-state index contributed by atoms with van der Waals surface area (Å²) in [6.45, 7) is 3.14. The van der Waals surface area contributed by atoms with Crippen molar-refractivity contribution in [2.24, 2.45) is 5.92 Å². The zero-order valence-electron chi connectivity index (χ0n) is 13.1. The lowest BCUT2D eigenvalue weighted by molar-refractivity contribution is -0.153. The van der Waals surface area contributed by atoms with Gasteiger partial charge >= 0.3 is 12.1 Å². The first-order valence-electron chi connectivity index (χ1n) is 7.29. The predicted molar refractivity (Wildman–Crippen MR) is 81.7 cm³/mol. The number of rotatable bonds is 8. The normalized spacial score (nSPS) is 14.4. The van der Waals surface area contributed by atoms with Crippen molar-refractivity contribution in [1.82, 2.24) is 5.32 Å². The Balaban J connectivity index is 2.53. The highest BCUT2D eigenvalue weighted by Gasteiger charge is 2.33. The van der Waals surface area contributed by atoms with Gasteiger partial charge in [0.05, 0.1) is 18.1 Å². The molecule has 126 valence electrons. The highest BCUT2D eigenvalue weighted by molar-refractivity contribution is 6.33. The lowest BCUT2D eigenvalue weighted by Gasteiger charge is -2.25. The van der Waals surface area contributed by atoms with Gasteiger partial charge in [0.2, 0.25) is 5.78 Å². The molecule has 0 saturated carbocycles. The zero-order valence-corrected chi connectivity index (χ0v) is 13.1. The van der Waals surface area contributed by atoms with Gasteiger partial charge in [-0.15, -0.1) is 0 Å². The number of hydrogen-bond acceptors (Lipinski definition) is 5. The van der Waals surface area contributed by atoms with Crippen molar-refractivity contribution in [3.63, 3.8) is 0 Å². The minimum absolute atomic E-state index is 0.0702. The van der Waals surface area contributed by atoms with Gasteiger partial charge in [0, 0.05) is 0 Å². The van der Waals surface area contributed by atoms with Crippen molar-refractivity contribution in [2.75, 3.05) is 0 Å². The number of nitrogens with one attached hydrogen (secondary N) is 1. The Bertz CT molecular complexity index is 545. The summed E-state index contributed by atoms with van der Waals surface area (Å²) >= 11 is 0. The van der Waals surface area contributed by atoms with Gasteiger partial charge in [-0.05, 0) is 18.9 Å². The molecule has 0 aliphatic rings. The molecule has 7 heteroatoms. The molecule has 0 spiro atoms. The van der Waals surface area contributed by atoms with Crippen LogP contribution >= 0.6 is 0 Å². The number of aliphatic hydroxyl groups excluding tert-OH is 1. The second-order valence-electron chi connectivity index (χ2n) is 5.17. The SMILES string of the molecule is CCC(C(=O)C(=O)O)C(O)[C@@H](C)NC(=O)OCc1ccccc1. The van der Waals surface area contributed by atoms with Gasteiger partial charge < -0.3 is 20.3 Å². The average Bonchev–Trinajstić information content (AvgIpc) is 2.54. The molecule has 0 radical (unpaired) electrons. The van der Waals surface area contributed by atoms with Crippen molar-refractivity contribution in [3.05, 3.63) is 35.9 Å². The first-order chi connectivity index (χ1) is 10.9. The molecule has 0 aliphatic carbocycles. The van der Waals surface area contributed by atoms with Crippen LogP contribution in [0.4, 0.5) is 4.79 Å². The number of aliphatic carboxylic acids is 1. The lowest BCUT2D eigenvalue weighted by atomic mass is 9.90. The molecule has 2 unspecified atom stereocenters. The van der Waals surface area contributed by atoms with Crippen LogP contribution in [0.5, 0.6) is 0 Å². The van der Waals surface area contributed by atoms with E-state index in [1.54, 1.807) is 19.1 Å². The number of carboxylic acid groups (broad SMARTS) is 1. The number of carbonyl (C=O) groups is 3. The zero-order chi connectivity index (χ0) is 17.4. The van der Waals surface area contributed by atoms with Gasteiger partial charge in [0.1, 0.15) is 6.61 Å². The first-order valence-corrected chi connectivity index (χ1v) is 7.29. The molecular formula is C16H21NO6. The van der Waals surface area contributed by atoms with Gasteiger partial charge in [-0.2, -0.15) is 0 Å². The molecule has 0 aromatic heterocycles. The highest BCUT2D eigenvalue weighted by atomic mass is 16.5. The molecule has 1 aromatic rings. The van der Waals surface area contributed by atoms with Crippen molar-refractivity contribution < 1.29 is 29.3 Å². The molecule has 0 heterocycles.